The number of carbonyl (C=O) groups is 2. The predicted molar refractivity (Wildman–Crippen MR) is 180 cm³/mol. The number of benzene rings is 3. The van der Waals surface area contributed by atoms with Gasteiger partial charge in [-0.1, -0.05) is 29.3 Å². The van der Waals surface area contributed by atoms with Gasteiger partial charge in [0, 0.05) is 69.9 Å². The van der Waals surface area contributed by atoms with Gasteiger partial charge < -0.3 is 28.6 Å². The fraction of sp³-hybridized carbons (Fsp3) is 0.229. The summed E-state index contributed by atoms with van der Waals surface area (Å²) in [7, 11) is 3.48. The molecular formula is C35H29Cl2F2N5O5. The summed E-state index contributed by atoms with van der Waals surface area (Å²) in [5.41, 5.74) is 3.14. The first-order chi connectivity index (χ1) is 23.4. The van der Waals surface area contributed by atoms with Crippen LogP contribution in [0.25, 0.3) is 10.9 Å². The summed E-state index contributed by atoms with van der Waals surface area (Å²) in [5.74, 6) is 0.558. The number of amides is 2. The number of anilines is 1. The van der Waals surface area contributed by atoms with Gasteiger partial charge >= 0.3 is 6.29 Å². The van der Waals surface area contributed by atoms with E-state index in [4.69, 9.17) is 27.9 Å². The van der Waals surface area contributed by atoms with E-state index in [1.807, 2.05) is 40.8 Å². The number of pyridine rings is 1. The summed E-state index contributed by atoms with van der Waals surface area (Å²) in [5, 5.41) is 1.55. The van der Waals surface area contributed by atoms with Crippen LogP contribution in [0.2, 0.25) is 10.0 Å². The Morgan fingerprint density at radius 1 is 0.918 bits per heavy atom. The van der Waals surface area contributed by atoms with Crippen LogP contribution in [-0.4, -0.2) is 70.7 Å². The van der Waals surface area contributed by atoms with Crippen LogP contribution in [0, 0.1) is 0 Å². The van der Waals surface area contributed by atoms with E-state index in [1.165, 1.54) is 17.0 Å². The highest BCUT2D eigenvalue weighted by Gasteiger charge is 2.43. The Morgan fingerprint density at radius 2 is 1.69 bits per heavy atom. The van der Waals surface area contributed by atoms with E-state index in [-0.39, 0.29) is 23.3 Å². The number of piperazine rings is 1. The molecule has 5 aromatic rings. The topological polar surface area (TPSA) is 89.4 Å². The third kappa shape index (κ3) is 6.71. The van der Waals surface area contributed by atoms with Crippen molar-refractivity contribution in [2.45, 2.75) is 12.8 Å². The van der Waals surface area contributed by atoms with Crippen LogP contribution in [0.5, 0.6) is 23.1 Å². The van der Waals surface area contributed by atoms with Crippen molar-refractivity contribution >= 4 is 51.6 Å². The second-order valence-corrected chi connectivity index (χ2v) is 12.6. The van der Waals surface area contributed by atoms with Gasteiger partial charge in [0.15, 0.2) is 11.5 Å². The van der Waals surface area contributed by atoms with Gasteiger partial charge in [0.1, 0.15) is 11.4 Å². The summed E-state index contributed by atoms with van der Waals surface area (Å²) in [4.78, 5) is 36.3. The Balaban J connectivity index is 0.970. The van der Waals surface area contributed by atoms with Crippen molar-refractivity contribution in [3.8, 4) is 23.1 Å². The largest absolute Gasteiger partial charge is 0.586 e. The number of rotatable bonds is 7. The Labute approximate surface area is 289 Å². The number of ether oxygens (including phenoxy) is 3. The molecule has 10 nitrogen and oxygen atoms in total. The Kier molecular flexibility index (Phi) is 8.55. The van der Waals surface area contributed by atoms with Gasteiger partial charge in [0.25, 0.3) is 11.8 Å². The smallest absolute Gasteiger partial charge is 0.439 e. The maximum Gasteiger partial charge on any atom is 0.586 e. The zero-order valence-electron chi connectivity index (χ0n) is 26.3. The van der Waals surface area contributed by atoms with Crippen molar-refractivity contribution in [2.75, 3.05) is 38.1 Å². The first-order valence-electron chi connectivity index (χ1n) is 15.3. The molecular weight excluding hydrogens is 679 g/mol. The van der Waals surface area contributed by atoms with E-state index in [0.29, 0.717) is 71.3 Å². The molecule has 1 saturated heterocycles. The molecule has 2 aliphatic rings. The van der Waals surface area contributed by atoms with Crippen molar-refractivity contribution < 1.29 is 32.6 Å². The molecule has 0 aliphatic carbocycles. The molecule has 4 heterocycles. The maximum absolute atomic E-state index is 13.6. The lowest BCUT2D eigenvalue weighted by Gasteiger charge is -2.34. The molecule has 7 rings (SSSR count). The van der Waals surface area contributed by atoms with E-state index in [9.17, 15) is 18.4 Å². The van der Waals surface area contributed by atoms with Crippen molar-refractivity contribution in [3.05, 3.63) is 106 Å². The lowest BCUT2D eigenvalue weighted by Crippen LogP contribution is -2.48. The van der Waals surface area contributed by atoms with Gasteiger partial charge in [0.05, 0.1) is 27.4 Å². The average Bonchev–Trinajstić information content (AvgIpc) is 3.59. The molecule has 0 radical (unpaired) electrons. The molecule has 14 heteroatoms. The molecule has 0 saturated carbocycles. The molecule has 0 bridgehead atoms. The zero-order chi connectivity index (χ0) is 34.4. The van der Waals surface area contributed by atoms with Crippen molar-refractivity contribution in [2.24, 2.45) is 7.05 Å². The standard InChI is InChI=1S/C35H29Cl2F2N5O5/c1-41(33(45)23-5-8-26(36)27(37)16-23)24-6-10-32(40-19-24)47-25-7-4-22-17-29(42(2)28(22)18-25)34(46)44-13-11-43(12-14-44)20-21-3-9-30-31(15-21)49-35(38,39)48-30/h3-10,15-19H,11-14,20H2,1-2H3. The fourth-order valence-corrected chi connectivity index (χ4v) is 6.19. The Bertz CT molecular complexity index is 2080. The van der Waals surface area contributed by atoms with Crippen LogP contribution in [0.4, 0.5) is 14.5 Å². The monoisotopic (exact) mass is 707 g/mol. The molecule has 0 N–H and O–H groups in total. The normalized spacial score (nSPS) is 15.4. The number of hydrogen-bond donors (Lipinski definition) is 0. The predicted octanol–water partition coefficient (Wildman–Crippen LogP) is 7.23. The number of aryl methyl sites for hydroxylation is 1. The SMILES string of the molecule is CN(C(=O)c1ccc(Cl)c(Cl)c1)c1ccc(Oc2ccc3cc(C(=O)N4CCN(Cc5ccc6c(c5)OC(F)(F)O6)CC4)n(C)c3c2)nc1. The molecule has 0 atom stereocenters. The minimum absolute atomic E-state index is 0.0173. The van der Waals surface area contributed by atoms with E-state index in [0.717, 1.165) is 16.5 Å². The summed E-state index contributed by atoms with van der Waals surface area (Å²) in [6, 6.07) is 20.3. The number of fused-ring (bicyclic) bond motifs is 2. The Morgan fingerprint density at radius 3 is 2.43 bits per heavy atom. The minimum Gasteiger partial charge on any atom is -0.439 e. The van der Waals surface area contributed by atoms with Crippen LogP contribution >= 0.6 is 23.2 Å². The average molecular weight is 709 g/mol. The highest BCUT2D eigenvalue weighted by atomic mass is 35.5. The molecule has 0 spiro atoms. The van der Waals surface area contributed by atoms with Crippen LogP contribution in [0.3, 0.4) is 0 Å². The second kappa shape index (κ2) is 12.8. The van der Waals surface area contributed by atoms with Gasteiger partial charge in [-0.2, -0.15) is 0 Å². The summed E-state index contributed by atoms with van der Waals surface area (Å²) in [6.07, 6.45) is -2.11. The number of aromatic nitrogens is 2. The highest BCUT2D eigenvalue weighted by Crippen LogP contribution is 2.41. The van der Waals surface area contributed by atoms with Crippen LogP contribution < -0.4 is 19.1 Å². The third-order valence-electron chi connectivity index (χ3n) is 8.57. The van der Waals surface area contributed by atoms with Gasteiger partial charge in [-0.25, -0.2) is 4.98 Å². The van der Waals surface area contributed by atoms with Gasteiger partial charge in [-0.3, -0.25) is 14.5 Å². The molecule has 2 amide bonds. The molecule has 2 aromatic heterocycles. The fourth-order valence-electron chi connectivity index (χ4n) is 5.89. The van der Waals surface area contributed by atoms with Crippen LogP contribution in [0.15, 0.2) is 79.0 Å². The Hall–Kier alpha value is -4.91. The lowest BCUT2D eigenvalue weighted by molar-refractivity contribution is -0.286. The molecule has 2 aliphatic heterocycles. The summed E-state index contributed by atoms with van der Waals surface area (Å²) < 4.78 is 43.7. The molecule has 49 heavy (non-hydrogen) atoms. The number of nitrogens with zero attached hydrogens (tertiary/aromatic N) is 5. The second-order valence-electron chi connectivity index (χ2n) is 11.8. The number of hydrogen-bond acceptors (Lipinski definition) is 7. The van der Waals surface area contributed by atoms with Gasteiger partial charge in [0.2, 0.25) is 5.88 Å². The third-order valence-corrected chi connectivity index (χ3v) is 9.31. The first kappa shape index (κ1) is 32.6. The molecule has 252 valence electrons. The van der Waals surface area contributed by atoms with Crippen LogP contribution in [-0.2, 0) is 13.6 Å². The highest BCUT2D eigenvalue weighted by molar-refractivity contribution is 6.42. The van der Waals surface area contributed by atoms with E-state index in [2.05, 4.69) is 19.4 Å². The maximum atomic E-state index is 13.6. The van der Waals surface area contributed by atoms with Crippen molar-refractivity contribution in [3.63, 3.8) is 0 Å². The van der Waals surface area contributed by atoms with Gasteiger partial charge in [-0.05, 0) is 60.2 Å². The summed E-state index contributed by atoms with van der Waals surface area (Å²) >= 11 is 12.1. The van der Waals surface area contributed by atoms with Crippen molar-refractivity contribution in [1.29, 1.82) is 0 Å². The molecule has 0 unspecified atom stereocenters. The number of carbonyl (C=O) groups excluding carboxylic acids is 2. The quantitative estimate of drug-likeness (QED) is 0.176. The molecule has 3 aromatic carbocycles. The van der Waals surface area contributed by atoms with E-state index >= 15 is 0 Å². The zero-order valence-corrected chi connectivity index (χ0v) is 27.8. The summed E-state index contributed by atoms with van der Waals surface area (Å²) in [6.45, 7) is 2.83. The first-order valence-corrected chi connectivity index (χ1v) is 16.1. The molecule has 1 fully saturated rings. The van der Waals surface area contributed by atoms with Crippen LogP contribution in [0.1, 0.15) is 26.4 Å². The van der Waals surface area contributed by atoms with Crippen molar-refractivity contribution in [1.82, 2.24) is 19.4 Å². The minimum atomic E-state index is -3.65. The van der Waals surface area contributed by atoms with Gasteiger partial charge in [-0.15, -0.1) is 8.78 Å². The van der Waals surface area contributed by atoms with E-state index < -0.39 is 6.29 Å². The lowest BCUT2D eigenvalue weighted by atomic mass is 10.1. The number of halogens is 4. The number of alkyl halides is 2. The van der Waals surface area contributed by atoms with E-state index in [1.54, 1.807) is 49.6 Å².